The molecule has 0 spiro atoms. The van der Waals surface area contributed by atoms with Crippen LogP contribution in [0.1, 0.15) is 23.7 Å². The number of furan rings is 1. The van der Waals surface area contributed by atoms with Crippen LogP contribution in [0.3, 0.4) is 0 Å². The van der Waals surface area contributed by atoms with Gasteiger partial charge in [0.15, 0.2) is 5.76 Å². The van der Waals surface area contributed by atoms with Gasteiger partial charge in [0.1, 0.15) is 5.75 Å². The lowest BCUT2D eigenvalue weighted by molar-refractivity contribution is 0.102. The van der Waals surface area contributed by atoms with Crippen molar-refractivity contribution in [2.75, 3.05) is 11.9 Å². The van der Waals surface area contributed by atoms with Crippen LogP contribution in [-0.4, -0.2) is 22.7 Å². The summed E-state index contributed by atoms with van der Waals surface area (Å²) in [6, 6.07) is 16.0. The second-order valence-corrected chi connectivity index (χ2v) is 7.33. The molecule has 8 heteroatoms. The molecule has 0 atom stereocenters. The van der Waals surface area contributed by atoms with Crippen molar-refractivity contribution >= 4 is 27.5 Å². The molecule has 0 aliphatic rings. The molecule has 4 rings (SSSR count). The lowest BCUT2D eigenvalue weighted by Gasteiger charge is -2.12. The number of halogens is 1. The maximum absolute atomic E-state index is 12.9. The Bertz CT molecular complexity index is 1150. The number of amides is 1. The van der Waals surface area contributed by atoms with Crippen LogP contribution in [0, 0.1) is 0 Å². The molecule has 30 heavy (non-hydrogen) atoms. The summed E-state index contributed by atoms with van der Waals surface area (Å²) < 4.78 is 17.5. The Morgan fingerprint density at radius 2 is 1.97 bits per heavy atom. The quantitative estimate of drug-likeness (QED) is 0.369. The maximum atomic E-state index is 12.9. The van der Waals surface area contributed by atoms with Gasteiger partial charge in [0.2, 0.25) is 5.89 Å². The van der Waals surface area contributed by atoms with Gasteiger partial charge in [0.25, 0.3) is 11.8 Å². The Balaban J connectivity index is 1.55. The van der Waals surface area contributed by atoms with E-state index >= 15 is 0 Å². The van der Waals surface area contributed by atoms with Crippen molar-refractivity contribution in [1.82, 2.24) is 10.2 Å². The van der Waals surface area contributed by atoms with Crippen molar-refractivity contribution in [3.05, 3.63) is 70.9 Å². The van der Waals surface area contributed by atoms with Gasteiger partial charge in [0.05, 0.1) is 18.4 Å². The van der Waals surface area contributed by atoms with Crippen LogP contribution >= 0.6 is 15.9 Å². The van der Waals surface area contributed by atoms with Gasteiger partial charge >= 0.3 is 0 Å². The van der Waals surface area contributed by atoms with E-state index in [1.165, 1.54) is 6.26 Å². The monoisotopic (exact) mass is 467 g/mol. The Hall–Kier alpha value is -3.39. The number of hydrogen-bond donors (Lipinski definition) is 1. The summed E-state index contributed by atoms with van der Waals surface area (Å²) in [7, 11) is 0. The first-order valence-corrected chi connectivity index (χ1v) is 10.1. The first-order valence-electron chi connectivity index (χ1n) is 9.35. The summed E-state index contributed by atoms with van der Waals surface area (Å²) in [5.41, 5.74) is 1.72. The summed E-state index contributed by atoms with van der Waals surface area (Å²) in [4.78, 5) is 12.9. The average Bonchev–Trinajstić information content (AvgIpc) is 3.45. The Labute approximate surface area is 181 Å². The molecule has 0 aliphatic carbocycles. The number of anilines is 1. The van der Waals surface area contributed by atoms with Crippen LogP contribution in [0.4, 0.5) is 5.69 Å². The highest BCUT2D eigenvalue weighted by atomic mass is 79.9. The minimum absolute atomic E-state index is 0.277. The van der Waals surface area contributed by atoms with Gasteiger partial charge < -0.3 is 18.9 Å². The fourth-order valence-electron chi connectivity index (χ4n) is 2.79. The topological polar surface area (TPSA) is 90.4 Å². The molecule has 0 unspecified atom stereocenters. The normalized spacial score (nSPS) is 10.7. The van der Waals surface area contributed by atoms with Crippen molar-refractivity contribution in [3.8, 4) is 28.9 Å². The third kappa shape index (κ3) is 4.44. The van der Waals surface area contributed by atoms with E-state index in [1.807, 2.05) is 19.1 Å². The van der Waals surface area contributed by atoms with Crippen LogP contribution in [0.5, 0.6) is 5.75 Å². The second-order valence-electron chi connectivity index (χ2n) is 6.41. The first kappa shape index (κ1) is 19.9. The van der Waals surface area contributed by atoms with Crippen molar-refractivity contribution in [2.45, 2.75) is 13.3 Å². The minimum Gasteiger partial charge on any atom is -0.493 e. The molecular formula is C22H18BrN3O4. The molecule has 1 amide bonds. The summed E-state index contributed by atoms with van der Waals surface area (Å²) in [6.45, 7) is 2.55. The number of carbonyl (C=O) groups is 1. The molecule has 4 aromatic rings. The highest BCUT2D eigenvalue weighted by Gasteiger charge is 2.16. The molecule has 0 radical (unpaired) electrons. The van der Waals surface area contributed by atoms with Crippen molar-refractivity contribution in [3.63, 3.8) is 0 Å². The Morgan fingerprint density at radius 1 is 1.10 bits per heavy atom. The number of ether oxygens (including phenoxy) is 1. The zero-order valence-corrected chi connectivity index (χ0v) is 17.7. The number of rotatable bonds is 7. The van der Waals surface area contributed by atoms with Crippen LogP contribution in [-0.2, 0) is 0 Å². The molecule has 0 saturated carbocycles. The van der Waals surface area contributed by atoms with Crippen molar-refractivity contribution < 1.29 is 18.4 Å². The van der Waals surface area contributed by atoms with E-state index in [0.717, 1.165) is 10.9 Å². The standard InChI is InChI=1S/C22H18BrN3O4/c1-2-10-28-18-9-8-15(23)13-17(18)20(27)24-16-6-3-5-14(12-16)21-25-26-22(30-21)19-7-4-11-29-19/h3-9,11-13H,2,10H2,1H3,(H,24,27). The molecule has 2 aromatic carbocycles. The first-order chi connectivity index (χ1) is 14.6. The van der Waals surface area contributed by atoms with E-state index in [4.69, 9.17) is 13.6 Å². The van der Waals surface area contributed by atoms with Crippen molar-refractivity contribution in [2.24, 2.45) is 0 Å². The van der Waals surface area contributed by atoms with E-state index in [1.54, 1.807) is 42.5 Å². The van der Waals surface area contributed by atoms with Gasteiger partial charge in [0, 0.05) is 15.7 Å². The van der Waals surface area contributed by atoms with E-state index in [2.05, 4.69) is 31.4 Å². The third-order valence-corrected chi connectivity index (χ3v) is 4.67. The van der Waals surface area contributed by atoms with Gasteiger partial charge in [-0.3, -0.25) is 4.79 Å². The molecular weight excluding hydrogens is 450 g/mol. The van der Waals surface area contributed by atoms with E-state index in [9.17, 15) is 4.79 Å². The van der Waals surface area contributed by atoms with E-state index in [-0.39, 0.29) is 11.8 Å². The molecule has 7 nitrogen and oxygen atoms in total. The second kappa shape index (κ2) is 8.96. The molecule has 152 valence electrons. The molecule has 0 saturated heterocycles. The number of aromatic nitrogens is 2. The number of hydrogen-bond acceptors (Lipinski definition) is 6. The van der Waals surface area contributed by atoms with Crippen LogP contribution in [0.25, 0.3) is 23.1 Å². The molecule has 2 heterocycles. The minimum atomic E-state index is -0.277. The lowest BCUT2D eigenvalue weighted by atomic mass is 10.1. The molecule has 2 aromatic heterocycles. The SMILES string of the molecule is CCCOc1ccc(Br)cc1C(=O)Nc1cccc(-c2nnc(-c3ccco3)o2)c1. The highest BCUT2D eigenvalue weighted by molar-refractivity contribution is 9.10. The fraction of sp³-hybridized carbons (Fsp3) is 0.136. The molecule has 0 aliphatic heterocycles. The lowest BCUT2D eigenvalue weighted by Crippen LogP contribution is -2.14. The third-order valence-electron chi connectivity index (χ3n) is 4.17. The number of carbonyl (C=O) groups excluding carboxylic acids is 1. The van der Waals surface area contributed by atoms with Gasteiger partial charge in [-0.1, -0.05) is 28.9 Å². The molecule has 1 N–H and O–H groups in total. The highest BCUT2D eigenvalue weighted by Crippen LogP contribution is 2.28. The van der Waals surface area contributed by atoms with Gasteiger partial charge in [-0.2, -0.15) is 0 Å². The predicted octanol–water partition coefficient (Wildman–Crippen LogP) is 5.80. The van der Waals surface area contributed by atoms with Crippen molar-refractivity contribution in [1.29, 1.82) is 0 Å². The molecule has 0 fully saturated rings. The Morgan fingerprint density at radius 3 is 2.77 bits per heavy atom. The van der Waals surface area contributed by atoms with Crippen LogP contribution in [0.15, 0.2) is 74.2 Å². The zero-order valence-electron chi connectivity index (χ0n) is 16.1. The number of nitrogens with one attached hydrogen (secondary N) is 1. The summed E-state index contributed by atoms with van der Waals surface area (Å²) in [5.74, 6) is 1.37. The summed E-state index contributed by atoms with van der Waals surface area (Å²) >= 11 is 3.41. The largest absolute Gasteiger partial charge is 0.493 e. The zero-order chi connectivity index (χ0) is 20.9. The summed E-state index contributed by atoms with van der Waals surface area (Å²) in [6.07, 6.45) is 2.39. The van der Waals surface area contributed by atoms with Crippen LogP contribution < -0.4 is 10.1 Å². The smallest absolute Gasteiger partial charge is 0.283 e. The fourth-order valence-corrected chi connectivity index (χ4v) is 3.15. The average molecular weight is 468 g/mol. The summed E-state index contributed by atoms with van der Waals surface area (Å²) in [5, 5.41) is 11.0. The van der Waals surface area contributed by atoms with E-state index < -0.39 is 0 Å². The van der Waals surface area contributed by atoms with E-state index in [0.29, 0.717) is 40.8 Å². The molecule has 0 bridgehead atoms. The van der Waals surface area contributed by atoms with Gasteiger partial charge in [-0.15, -0.1) is 10.2 Å². The number of benzene rings is 2. The Kier molecular flexibility index (Phi) is 5.94. The maximum Gasteiger partial charge on any atom is 0.283 e. The predicted molar refractivity (Wildman–Crippen MR) is 115 cm³/mol. The number of nitrogens with zero attached hydrogens (tertiary/aromatic N) is 2. The van der Waals surface area contributed by atoms with Gasteiger partial charge in [-0.05, 0) is 55.0 Å². The van der Waals surface area contributed by atoms with Crippen LogP contribution in [0.2, 0.25) is 0 Å². The van der Waals surface area contributed by atoms with Gasteiger partial charge in [-0.25, -0.2) is 0 Å².